The minimum absolute atomic E-state index is 0.00207. The van der Waals surface area contributed by atoms with Gasteiger partial charge < -0.3 is 38.1 Å². The van der Waals surface area contributed by atoms with E-state index in [1.165, 1.54) is 180 Å². The average molecular weight is 1710 g/mol. The third-order valence-corrected chi connectivity index (χ3v) is 27.1. The highest BCUT2D eigenvalue weighted by Crippen LogP contribution is 2.33. The van der Waals surface area contributed by atoms with Gasteiger partial charge in [0.2, 0.25) is 0 Å². The molecule has 2 aliphatic rings. The van der Waals surface area contributed by atoms with E-state index in [0.717, 1.165) is 296 Å². The molecule has 2 heterocycles. The van der Waals surface area contributed by atoms with E-state index in [1.54, 1.807) is 0 Å². The van der Waals surface area contributed by atoms with E-state index in [2.05, 4.69) is 65.2 Å². The second-order valence-electron chi connectivity index (χ2n) is 38.3. The summed E-state index contributed by atoms with van der Waals surface area (Å²) in [6, 6.07) is 0. The fraction of sp³-hybridized carbons (Fsp3) is 0.943. The van der Waals surface area contributed by atoms with Crippen molar-refractivity contribution in [1.82, 2.24) is 9.80 Å². The summed E-state index contributed by atoms with van der Waals surface area (Å²) in [6.07, 6.45) is 77.2. The Bertz CT molecular complexity index is 2310. The van der Waals surface area contributed by atoms with Gasteiger partial charge in [0.05, 0.1) is 52.2 Å². The van der Waals surface area contributed by atoms with E-state index < -0.39 is 0 Å². The Hall–Kier alpha value is -3.30. The fourth-order valence-corrected chi connectivity index (χ4v) is 18.9. The highest BCUT2D eigenvalue weighted by atomic mass is 16.6. The van der Waals surface area contributed by atoms with Gasteiger partial charge in [0.15, 0.2) is 0 Å². The molecule has 0 aliphatic carbocycles. The largest absolute Gasteiger partial charge is 0.466 e. The zero-order valence-corrected chi connectivity index (χ0v) is 81.2. The molecule has 0 aromatic heterocycles. The molecule has 2 fully saturated rings. The van der Waals surface area contributed by atoms with Crippen LogP contribution in [0.2, 0.25) is 0 Å². The standard InChI is InChI=1S/C106H200N2O13/c1-9-16-42-62-94(63-43-17-10-2)89-102(110)116-82-54-38-30-22-26-34-48-69-99(106(114)120-86-60-79-108-80-87-115-88-81-108)70-49-35-27-23-31-39-57-85-119-105(113)92-97(67-47-21-14-6)74-75-98(15-7)93(8)61-58-68-96(66-46-20-13-5)91-104(112)118-84-56-41-33-25-29-37-51-72-100(121-101(109)73-59-78-107-76-52-53-77-107)71-50-36-28-24-32-40-55-83-117-103(111)90-95(64-44-18-11-3)65-45-19-12-4/h93-100H,9-92H2,1-8H3. The summed E-state index contributed by atoms with van der Waals surface area (Å²) < 4.78 is 40.9. The van der Waals surface area contributed by atoms with Crippen molar-refractivity contribution in [2.75, 3.05) is 85.5 Å². The quantitative estimate of drug-likeness (QED) is 0.0319. The number of esters is 6. The molecule has 712 valence electrons. The van der Waals surface area contributed by atoms with Crippen LogP contribution in [-0.2, 0) is 61.9 Å². The van der Waals surface area contributed by atoms with Gasteiger partial charge in [-0.25, -0.2) is 0 Å². The Labute approximate surface area is 747 Å². The monoisotopic (exact) mass is 1710 g/mol. The number of rotatable bonds is 91. The lowest BCUT2D eigenvalue weighted by Crippen LogP contribution is -2.37. The number of carbonyl (C=O) groups excluding carboxylic acids is 6. The maximum absolute atomic E-state index is 13.5. The average Bonchev–Trinajstić information content (AvgIpc) is 1.81. The van der Waals surface area contributed by atoms with Crippen LogP contribution in [0.1, 0.15) is 511 Å². The van der Waals surface area contributed by atoms with Crippen LogP contribution in [0.5, 0.6) is 0 Å². The second-order valence-corrected chi connectivity index (χ2v) is 38.3. The van der Waals surface area contributed by atoms with E-state index in [4.69, 9.17) is 33.2 Å². The van der Waals surface area contributed by atoms with Crippen LogP contribution in [0, 0.1) is 41.4 Å². The van der Waals surface area contributed by atoms with Crippen LogP contribution in [0.15, 0.2) is 0 Å². The zero-order valence-electron chi connectivity index (χ0n) is 81.2. The zero-order chi connectivity index (χ0) is 87.6. The van der Waals surface area contributed by atoms with Crippen molar-refractivity contribution in [1.29, 1.82) is 0 Å². The van der Waals surface area contributed by atoms with Gasteiger partial charge in [0.25, 0.3) is 0 Å². The molecular weight excluding hydrogens is 1510 g/mol. The molecule has 0 bridgehead atoms. The van der Waals surface area contributed by atoms with E-state index in [-0.39, 0.29) is 47.8 Å². The van der Waals surface area contributed by atoms with Gasteiger partial charge in [-0.15, -0.1) is 0 Å². The number of morpholine rings is 1. The second kappa shape index (κ2) is 84.8. The van der Waals surface area contributed by atoms with E-state index in [9.17, 15) is 28.8 Å². The van der Waals surface area contributed by atoms with E-state index >= 15 is 0 Å². The van der Waals surface area contributed by atoms with Gasteiger partial charge in [-0.1, -0.05) is 331 Å². The number of likely N-dealkylation sites (tertiary alicyclic amines) is 1. The molecule has 15 heteroatoms. The third kappa shape index (κ3) is 70.4. The van der Waals surface area contributed by atoms with Gasteiger partial charge in [0.1, 0.15) is 6.10 Å². The minimum Gasteiger partial charge on any atom is -0.466 e. The predicted octanol–water partition coefficient (Wildman–Crippen LogP) is 29.4. The molecule has 0 spiro atoms. The number of hydrogen-bond donors (Lipinski definition) is 0. The molecule has 2 aliphatic heterocycles. The summed E-state index contributed by atoms with van der Waals surface area (Å²) in [5, 5.41) is 0. The summed E-state index contributed by atoms with van der Waals surface area (Å²) in [6.45, 7) is 28.6. The molecule has 6 atom stereocenters. The molecule has 0 aromatic carbocycles. The Morgan fingerprint density at radius 2 is 0.579 bits per heavy atom. The summed E-state index contributed by atoms with van der Waals surface area (Å²) in [4.78, 5) is 83.6. The summed E-state index contributed by atoms with van der Waals surface area (Å²) >= 11 is 0. The normalized spacial score (nSPS) is 14.9. The number of ether oxygens (including phenoxy) is 7. The molecular formula is C106H200N2O13. The molecule has 6 unspecified atom stereocenters. The molecule has 2 rings (SSSR count). The van der Waals surface area contributed by atoms with Crippen molar-refractivity contribution in [3.8, 4) is 0 Å². The summed E-state index contributed by atoms with van der Waals surface area (Å²) in [5.74, 6) is 2.83. The van der Waals surface area contributed by atoms with Gasteiger partial charge in [-0.3, -0.25) is 33.7 Å². The third-order valence-electron chi connectivity index (χ3n) is 27.1. The fourth-order valence-electron chi connectivity index (χ4n) is 18.9. The van der Waals surface area contributed by atoms with Crippen molar-refractivity contribution in [3.05, 3.63) is 0 Å². The maximum atomic E-state index is 13.5. The molecule has 0 aromatic rings. The Morgan fingerprint density at radius 3 is 0.934 bits per heavy atom. The molecule has 0 saturated carbocycles. The number of nitrogens with zero attached hydrogens (tertiary/aromatic N) is 2. The summed E-state index contributed by atoms with van der Waals surface area (Å²) in [5.41, 5.74) is 0. The van der Waals surface area contributed by atoms with Crippen molar-refractivity contribution < 1.29 is 61.9 Å². The van der Waals surface area contributed by atoms with Gasteiger partial charge in [0, 0.05) is 51.7 Å². The molecule has 0 amide bonds. The molecule has 2 saturated heterocycles. The lowest BCUT2D eigenvalue weighted by atomic mass is 9.80. The predicted molar refractivity (Wildman–Crippen MR) is 506 cm³/mol. The van der Waals surface area contributed by atoms with E-state index in [0.29, 0.717) is 101 Å². The molecule has 0 radical (unpaired) electrons. The van der Waals surface area contributed by atoms with Crippen LogP contribution in [0.4, 0.5) is 0 Å². The van der Waals surface area contributed by atoms with Gasteiger partial charge in [-0.05, 0) is 203 Å². The van der Waals surface area contributed by atoms with Crippen LogP contribution in [-0.4, -0.2) is 137 Å². The Balaban J connectivity index is 1.68. The van der Waals surface area contributed by atoms with Crippen molar-refractivity contribution in [2.24, 2.45) is 41.4 Å². The lowest BCUT2D eigenvalue weighted by molar-refractivity contribution is -0.150. The Morgan fingerprint density at radius 1 is 0.281 bits per heavy atom. The summed E-state index contributed by atoms with van der Waals surface area (Å²) in [7, 11) is 0. The first-order chi connectivity index (χ1) is 59.3. The van der Waals surface area contributed by atoms with Crippen LogP contribution in [0.25, 0.3) is 0 Å². The first-order valence-electron chi connectivity index (χ1n) is 53.3. The SMILES string of the molecule is CCCCCC(CCCCC)CC(=O)OCCCCCCCCCC(CCCCCCCCCOC(=O)CC(CCCCC)CCCC(C)C(CC)CCC(CCCCC)CC(=O)OCCCCCCCCCC(CCCCCCCCCOC(=O)CC(CCCCC)CCCCC)C(=O)OCCCN1CCOCC1)OC(=O)CCCN1CCCC1. The first-order valence-corrected chi connectivity index (χ1v) is 53.3. The van der Waals surface area contributed by atoms with Crippen LogP contribution < -0.4 is 0 Å². The van der Waals surface area contributed by atoms with Crippen molar-refractivity contribution in [2.45, 2.75) is 517 Å². The number of carbonyl (C=O) groups is 6. The molecule has 15 nitrogen and oxygen atoms in total. The smallest absolute Gasteiger partial charge is 0.308 e. The van der Waals surface area contributed by atoms with Crippen molar-refractivity contribution >= 4 is 35.8 Å². The van der Waals surface area contributed by atoms with Gasteiger partial charge in [-0.2, -0.15) is 0 Å². The molecule has 121 heavy (non-hydrogen) atoms. The van der Waals surface area contributed by atoms with Crippen LogP contribution >= 0.6 is 0 Å². The van der Waals surface area contributed by atoms with Crippen LogP contribution in [0.3, 0.4) is 0 Å². The molecule has 0 N–H and O–H groups in total. The number of hydrogen-bond acceptors (Lipinski definition) is 15. The minimum atomic E-state index is -0.0292. The topological polar surface area (TPSA) is 174 Å². The van der Waals surface area contributed by atoms with Crippen molar-refractivity contribution in [3.63, 3.8) is 0 Å². The highest BCUT2D eigenvalue weighted by molar-refractivity contribution is 5.72. The van der Waals surface area contributed by atoms with Gasteiger partial charge >= 0.3 is 35.8 Å². The maximum Gasteiger partial charge on any atom is 0.308 e. The first kappa shape index (κ1) is 114. The lowest BCUT2D eigenvalue weighted by Gasteiger charge is -2.26. The highest BCUT2D eigenvalue weighted by Gasteiger charge is 2.26. The number of unbranched alkanes of at least 4 members (excludes halogenated alkanes) is 36. The van der Waals surface area contributed by atoms with E-state index in [1.807, 2.05) is 0 Å². The Kier molecular flexibility index (Phi) is 79.8.